The number of hydrogen-bond acceptors (Lipinski definition) is 5. The Morgan fingerprint density at radius 3 is 2.75 bits per heavy atom. The van der Waals surface area contributed by atoms with Gasteiger partial charge in [0, 0.05) is 25.2 Å². The Bertz CT molecular complexity index is 441. The number of β-amino-alcohol motifs (C(OH)–C–C–N with tert-alkyl or cyclic N) is 1. The molecule has 2 aliphatic heterocycles. The van der Waals surface area contributed by atoms with Gasteiger partial charge in [-0.25, -0.2) is 0 Å². The summed E-state index contributed by atoms with van der Waals surface area (Å²) >= 11 is 0. The van der Waals surface area contributed by atoms with E-state index in [1.807, 2.05) is 0 Å². The number of aromatic nitrogens is 3. The first-order chi connectivity index (χ1) is 9.65. The van der Waals surface area contributed by atoms with Crippen LogP contribution in [0.5, 0.6) is 0 Å². The van der Waals surface area contributed by atoms with Crippen molar-refractivity contribution in [1.29, 1.82) is 0 Å². The molecular weight excluding hydrogens is 254 g/mol. The van der Waals surface area contributed by atoms with Crippen molar-refractivity contribution in [3.8, 4) is 0 Å². The molecule has 1 N–H and O–H groups in total. The smallest absolute Gasteiger partial charge is 0.147 e. The predicted octanol–water partition coefficient (Wildman–Crippen LogP) is 0.500. The van der Waals surface area contributed by atoms with Crippen molar-refractivity contribution in [2.75, 3.05) is 26.2 Å². The largest absolute Gasteiger partial charge is 0.390 e. The van der Waals surface area contributed by atoms with E-state index in [1.165, 1.54) is 12.8 Å². The van der Waals surface area contributed by atoms with Crippen molar-refractivity contribution in [3.05, 3.63) is 12.2 Å². The van der Waals surface area contributed by atoms with E-state index in [0.29, 0.717) is 12.1 Å². The van der Waals surface area contributed by atoms with Crippen molar-refractivity contribution in [2.45, 2.75) is 51.4 Å². The van der Waals surface area contributed by atoms with Crippen molar-refractivity contribution >= 4 is 0 Å². The topological polar surface area (TPSA) is 57.4 Å². The van der Waals surface area contributed by atoms with E-state index in [1.54, 1.807) is 6.33 Å². The van der Waals surface area contributed by atoms with Gasteiger partial charge in [0.1, 0.15) is 12.2 Å². The summed E-state index contributed by atoms with van der Waals surface area (Å²) in [7, 11) is 0. The molecule has 0 aliphatic carbocycles. The van der Waals surface area contributed by atoms with Gasteiger partial charge in [0.05, 0.1) is 12.6 Å². The summed E-state index contributed by atoms with van der Waals surface area (Å²) in [5, 5.41) is 18.5. The van der Waals surface area contributed by atoms with Crippen LogP contribution in [0.4, 0.5) is 0 Å². The Morgan fingerprint density at radius 1 is 1.30 bits per heavy atom. The predicted molar refractivity (Wildman–Crippen MR) is 76.3 cm³/mol. The minimum Gasteiger partial charge on any atom is -0.390 e. The monoisotopic (exact) mass is 279 g/mol. The fourth-order valence-electron chi connectivity index (χ4n) is 3.42. The number of likely N-dealkylation sites (tertiary alicyclic amines) is 2. The number of nitrogens with zero attached hydrogens (tertiary/aromatic N) is 5. The molecule has 0 saturated carbocycles. The maximum atomic E-state index is 10.3. The molecular formula is C14H25N5O. The van der Waals surface area contributed by atoms with E-state index in [2.05, 4.69) is 38.4 Å². The average Bonchev–Trinajstić information content (AvgIpc) is 3.10. The molecule has 6 heteroatoms. The minimum atomic E-state index is -0.233. The van der Waals surface area contributed by atoms with Gasteiger partial charge >= 0.3 is 0 Å². The van der Waals surface area contributed by atoms with Crippen LogP contribution in [0, 0.1) is 0 Å². The summed E-state index contributed by atoms with van der Waals surface area (Å²) in [5.41, 5.74) is 0. The van der Waals surface area contributed by atoms with Gasteiger partial charge < -0.3 is 9.67 Å². The second kappa shape index (κ2) is 5.79. The molecule has 112 valence electrons. The third kappa shape index (κ3) is 2.73. The van der Waals surface area contributed by atoms with Crippen LogP contribution in [0.1, 0.15) is 38.6 Å². The highest BCUT2D eigenvalue weighted by atomic mass is 16.3. The lowest BCUT2D eigenvalue weighted by Gasteiger charge is -2.25. The molecule has 20 heavy (non-hydrogen) atoms. The van der Waals surface area contributed by atoms with Crippen LogP contribution in [0.15, 0.2) is 6.33 Å². The Kier molecular flexibility index (Phi) is 4.05. The van der Waals surface area contributed by atoms with E-state index in [-0.39, 0.29) is 6.10 Å². The minimum absolute atomic E-state index is 0.233. The number of hydrogen-bond donors (Lipinski definition) is 1. The van der Waals surface area contributed by atoms with Crippen LogP contribution >= 0.6 is 0 Å². The Hall–Kier alpha value is -0.980. The van der Waals surface area contributed by atoms with Gasteiger partial charge in [-0.1, -0.05) is 0 Å². The summed E-state index contributed by atoms with van der Waals surface area (Å²) in [5.74, 6) is 0.995. The van der Waals surface area contributed by atoms with Gasteiger partial charge in [0.25, 0.3) is 0 Å². The number of rotatable bonds is 4. The average molecular weight is 279 g/mol. The zero-order chi connectivity index (χ0) is 14.1. The molecule has 2 saturated heterocycles. The van der Waals surface area contributed by atoms with E-state index >= 15 is 0 Å². The van der Waals surface area contributed by atoms with Crippen molar-refractivity contribution in [3.63, 3.8) is 0 Å². The molecule has 2 atom stereocenters. The van der Waals surface area contributed by atoms with E-state index in [4.69, 9.17) is 0 Å². The molecule has 1 aromatic rings. The van der Waals surface area contributed by atoms with Crippen molar-refractivity contribution < 1.29 is 5.11 Å². The van der Waals surface area contributed by atoms with Crippen LogP contribution in [-0.2, 0) is 6.54 Å². The first-order valence-corrected chi connectivity index (χ1v) is 7.68. The summed E-state index contributed by atoms with van der Waals surface area (Å²) < 4.78 is 2.11. The van der Waals surface area contributed by atoms with Gasteiger partial charge in [0.2, 0.25) is 0 Å². The van der Waals surface area contributed by atoms with Gasteiger partial charge in [-0.05, 0) is 39.8 Å². The fourth-order valence-corrected chi connectivity index (χ4v) is 3.42. The highest BCUT2D eigenvalue weighted by molar-refractivity contribution is 4.96. The molecule has 3 rings (SSSR count). The first-order valence-electron chi connectivity index (χ1n) is 7.68. The molecule has 0 spiro atoms. The highest BCUT2D eigenvalue weighted by Crippen LogP contribution is 2.22. The Balaban J connectivity index is 1.63. The Labute approximate surface area is 120 Å². The zero-order valence-electron chi connectivity index (χ0n) is 12.4. The van der Waals surface area contributed by atoms with Gasteiger partial charge in [0.15, 0.2) is 0 Å². The third-order valence-electron chi connectivity index (χ3n) is 4.51. The van der Waals surface area contributed by atoms with Crippen LogP contribution in [0.25, 0.3) is 0 Å². The SMILES string of the molecule is CC(C)n1cnnc1CN1C[C@H](O)[C@@H](N2CCCC2)C1. The lowest BCUT2D eigenvalue weighted by Crippen LogP contribution is -2.41. The lowest BCUT2D eigenvalue weighted by atomic mass is 10.2. The van der Waals surface area contributed by atoms with E-state index in [9.17, 15) is 5.11 Å². The summed E-state index contributed by atoms with van der Waals surface area (Å²) in [4.78, 5) is 4.74. The Morgan fingerprint density at radius 2 is 2.05 bits per heavy atom. The van der Waals surface area contributed by atoms with Crippen LogP contribution in [0.3, 0.4) is 0 Å². The van der Waals surface area contributed by atoms with E-state index in [0.717, 1.165) is 38.5 Å². The van der Waals surface area contributed by atoms with Gasteiger partial charge in [-0.3, -0.25) is 9.80 Å². The fraction of sp³-hybridized carbons (Fsp3) is 0.857. The number of aliphatic hydroxyl groups excluding tert-OH is 1. The van der Waals surface area contributed by atoms with Gasteiger partial charge in [-0.15, -0.1) is 10.2 Å². The molecule has 6 nitrogen and oxygen atoms in total. The van der Waals surface area contributed by atoms with Crippen molar-refractivity contribution in [2.24, 2.45) is 0 Å². The maximum absolute atomic E-state index is 10.3. The standard InChI is InChI=1S/C14H25N5O/c1-11(2)19-10-15-16-14(19)9-17-7-12(13(20)8-17)18-5-3-4-6-18/h10-13,20H,3-9H2,1-2H3/t12-,13-/m0/s1. The molecule has 0 amide bonds. The lowest BCUT2D eigenvalue weighted by molar-refractivity contribution is 0.0977. The van der Waals surface area contributed by atoms with Crippen molar-refractivity contribution in [1.82, 2.24) is 24.6 Å². The molecule has 3 heterocycles. The van der Waals surface area contributed by atoms with Crippen LogP contribution in [-0.4, -0.2) is 68.0 Å². The summed E-state index contributed by atoms with van der Waals surface area (Å²) in [6.45, 7) is 9.00. The first kappa shape index (κ1) is 14.0. The van der Waals surface area contributed by atoms with Crippen LogP contribution in [0.2, 0.25) is 0 Å². The van der Waals surface area contributed by atoms with Crippen LogP contribution < -0.4 is 0 Å². The molecule has 0 radical (unpaired) electrons. The second-order valence-electron chi connectivity index (χ2n) is 6.32. The van der Waals surface area contributed by atoms with Gasteiger partial charge in [-0.2, -0.15) is 0 Å². The summed E-state index contributed by atoms with van der Waals surface area (Å²) in [6.07, 6.45) is 4.10. The molecule has 1 aromatic heterocycles. The molecule has 2 fully saturated rings. The third-order valence-corrected chi connectivity index (χ3v) is 4.51. The normalized spacial score (nSPS) is 28.8. The summed E-state index contributed by atoms with van der Waals surface area (Å²) in [6, 6.07) is 0.676. The maximum Gasteiger partial charge on any atom is 0.147 e. The zero-order valence-corrected chi connectivity index (χ0v) is 12.4. The number of aliphatic hydroxyl groups is 1. The molecule has 0 bridgehead atoms. The quantitative estimate of drug-likeness (QED) is 0.870. The second-order valence-corrected chi connectivity index (χ2v) is 6.32. The molecule has 2 aliphatic rings. The molecule has 0 aromatic carbocycles. The van der Waals surface area contributed by atoms with E-state index < -0.39 is 0 Å². The molecule has 0 unspecified atom stereocenters. The highest BCUT2D eigenvalue weighted by Gasteiger charge is 2.36.